The van der Waals surface area contributed by atoms with Crippen LogP contribution < -0.4 is 5.73 Å². The first-order valence-corrected chi connectivity index (χ1v) is 6.37. The minimum Gasteiger partial charge on any atom is -0.469 e. The second-order valence-corrected chi connectivity index (χ2v) is 5.30. The summed E-state index contributed by atoms with van der Waals surface area (Å²) in [5.74, 6) is 0.930. The van der Waals surface area contributed by atoms with Crippen LogP contribution in [0.15, 0.2) is 16.7 Å². The third-order valence-electron chi connectivity index (χ3n) is 3.09. The van der Waals surface area contributed by atoms with E-state index in [1.165, 1.54) is 11.3 Å². The molecule has 3 nitrogen and oxygen atoms in total. The molecular weight excluding hydrogens is 220 g/mol. The van der Waals surface area contributed by atoms with Crippen LogP contribution in [0.25, 0.3) is 10.6 Å². The standard InChI is InChI=1S/C12H14N2OS/c1-7-8(5-6-15-7)12-14-11-9(13)3-2-4-10(11)16-12/h5-6,9H,2-4,13H2,1H3. The molecule has 2 N–H and O–H groups in total. The SMILES string of the molecule is Cc1occc1-c1nc2c(s1)CCCC2N. The summed E-state index contributed by atoms with van der Waals surface area (Å²) in [5.41, 5.74) is 8.28. The Morgan fingerprint density at radius 1 is 1.56 bits per heavy atom. The van der Waals surface area contributed by atoms with E-state index < -0.39 is 0 Å². The van der Waals surface area contributed by atoms with Gasteiger partial charge < -0.3 is 10.2 Å². The highest BCUT2D eigenvalue weighted by atomic mass is 32.1. The predicted octanol–water partition coefficient (Wildman–Crippen LogP) is 3.05. The Labute approximate surface area is 98.3 Å². The van der Waals surface area contributed by atoms with Crippen molar-refractivity contribution >= 4 is 11.3 Å². The summed E-state index contributed by atoms with van der Waals surface area (Å²) in [7, 11) is 0. The average molecular weight is 234 g/mol. The molecule has 1 aliphatic rings. The molecule has 16 heavy (non-hydrogen) atoms. The van der Waals surface area contributed by atoms with Crippen molar-refractivity contribution in [3.63, 3.8) is 0 Å². The molecule has 0 saturated heterocycles. The average Bonchev–Trinajstić information content (AvgIpc) is 2.84. The smallest absolute Gasteiger partial charge is 0.127 e. The van der Waals surface area contributed by atoms with Gasteiger partial charge in [0, 0.05) is 10.9 Å². The van der Waals surface area contributed by atoms with Crippen LogP contribution in [0.1, 0.15) is 35.2 Å². The highest BCUT2D eigenvalue weighted by molar-refractivity contribution is 7.15. The number of furan rings is 1. The first-order chi connectivity index (χ1) is 7.75. The molecule has 1 atom stereocenters. The number of nitrogens with two attached hydrogens (primary N) is 1. The molecule has 0 radical (unpaired) electrons. The summed E-state index contributed by atoms with van der Waals surface area (Å²) in [5, 5.41) is 1.05. The van der Waals surface area contributed by atoms with Crippen LogP contribution in [0.3, 0.4) is 0 Å². The second-order valence-electron chi connectivity index (χ2n) is 4.22. The van der Waals surface area contributed by atoms with Gasteiger partial charge in [0.2, 0.25) is 0 Å². The number of thiazole rings is 1. The number of hydrogen-bond donors (Lipinski definition) is 1. The van der Waals surface area contributed by atoms with Gasteiger partial charge in [0.25, 0.3) is 0 Å². The van der Waals surface area contributed by atoms with Crippen molar-refractivity contribution in [2.75, 3.05) is 0 Å². The Hall–Kier alpha value is -1.13. The topological polar surface area (TPSA) is 52.0 Å². The van der Waals surface area contributed by atoms with Crippen molar-refractivity contribution in [2.45, 2.75) is 32.2 Å². The maximum Gasteiger partial charge on any atom is 0.127 e. The summed E-state index contributed by atoms with van der Waals surface area (Å²) in [6, 6.07) is 2.10. The summed E-state index contributed by atoms with van der Waals surface area (Å²) < 4.78 is 5.31. The number of aromatic nitrogens is 1. The first kappa shape index (κ1) is 10.1. The molecule has 0 amide bonds. The Bertz CT molecular complexity index is 515. The van der Waals surface area contributed by atoms with E-state index in [0.29, 0.717) is 0 Å². The molecule has 3 rings (SSSR count). The summed E-state index contributed by atoms with van der Waals surface area (Å²) in [4.78, 5) is 6.02. The van der Waals surface area contributed by atoms with Crippen molar-refractivity contribution in [3.05, 3.63) is 28.7 Å². The fourth-order valence-electron chi connectivity index (χ4n) is 2.17. The van der Waals surface area contributed by atoms with Gasteiger partial charge in [-0.25, -0.2) is 4.98 Å². The largest absolute Gasteiger partial charge is 0.469 e. The fraction of sp³-hybridized carbons (Fsp3) is 0.417. The van der Waals surface area contributed by atoms with Gasteiger partial charge in [0.05, 0.1) is 17.5 Å². The minimum absolute atomic E-state index is 0.126. The van der Waals surface area contributed by atoms with Gasteiger partial charge in [0.15, 0.2) is 0 Å². The fourth-order valence-corrected chi connectivity index (χ4v) is 3.42. The van der Waals surface area contributed by atoms with Crippen LogP contribution in [-0.4, -0.2) is 4.98 Å². The summed E-state index contributed by atoms with van der Waals surface area (Å²) in [6.45, 7) is 1.97. The van der Waals surface area contributed by atoms with Gasteiger partial charge in [-0.1, -0.05) is 0 Å². The number of aryl methyl sites for hydroxylation is 2. The Morgan fingerprint density at radius 3 is 3.12 bits per heavy atom. The van der Waals surface area contributed by atoms with Crippen molar-refractivity contribution in [1.29, 1.82) is 0 Å². The van der Waals surface area contributed by atoms with Crippen molar-refractivity contribution < 1.29 is 4.42 Å². The highest BCUT2D eigenvalue weighted by Crippen LogP contribution is 2.37. The van der Waals surface area contributed by atoms with Crippen LogP contribution in [0.5, 0.6) is 0 Å². The maximum atomic E-state index is 6.07. The van der Waals surface area contributed by atoms with E-state index in [-0.39, 0.29) is 6.04 Å². The predicted molar refractivity (Wildman–Crippen MR) is 64.4 cm³/mol. The Kier molecular flexibility index (Phi) is 2.33. The molecule has 0 fully saturated rings. The van der Waals surface area contributed by atoms with Gasteiger partial charge in [-0.2, -0.15) is 0 Å². The lowest BCUT2D eigenvalue weighted by Crippen LogP contribution is -2.16. The molecule has 2 aromatic rings. The molecule has 84 valence electrons. The lowest BCUT2D eigenvalue weighted by Gasteiger charge is -2.15. The second kappa shape index (κ2) is 3.71. The molecule has 1 unspecified atom stereocenters. The molecule has 2 heterocycles. The third kappa shape index (κ3) is 1.49. The van der Waals surface area contributed by atoms with Crippen LogP contribution in [0, 0.1) is 6.92 Å². The van der Waals surface area contributed by atoms with Gasteiger partial charge in [-0.15, -0.1) is 11.3 Å². The first-order valence-electron chi connectivity index (χ1n) is 5.55. The van der Waals surface area contributed by atoms with Crippen LogP contribution in [0.2, 0.25) is 0 Å². The van der Waals surface area contributed by atoms with E-state index in [1.54, 1.807) is 17.6 Å². The van der Waals surface area contributed by atoms with Crippen molar-refractivity contribution in [2.24, 2.45) is 5.73 Å². The molecule has 0 spiro atoms. The number of hydrogen-bond acceptors (Lipinski definition) is 4. The number of nitrogens with zero attached hydrogens (tertiary/aromatic N) is 1. The summed E-state index contributed by atoms with van der Waals surface area (Å²) >= 11 is 1.76. The van der Waals surface area contributed by atoms with E-state index in [9.17, 15) is 0 Å². The quantitative estimate of drug-likeness (QED) is 0.825. The Balaban J connectivity index is 2.08. The zero-order valence-corrected chi connectivity index (χ0v) is 10.0. The zero-order chi connectivity index (χ0) is 11.1. The molecule has 4 heteroatoms. The van der Waals surface area contributed by atoms with Gasteiger partial charge in [-0.3, -0.25) is 0 Å². The molecular formula is C12H14N2OS. The molecule has 0 aliphatic heterocycles. The molecule has 2 aromatic heterocycles. The van der Waals surface area contributed by atoms with E-state index in [4.69, 9.17) is 10.2 Å². The maximum absolute atomic E-state index is 6.07. The van der Waals surface area contributed by atoms with Gasteiger partial charge in [-0.05, 0) is 32.3 Å². The van der Waals surface area contributed by atoms with E-state index in [0.717, 1.165) is 34.9 Å². The molecule has 0 aromatic carbocycles. The normalized spacial score (nSPS) is 19.8. The van der Waals surface area contributed by atoms with Gasteiger partial charge in [0.1, 0.15) is 10.8 Å². The zero-order valence-electron chi connectivity index (χ0n) is 9.19. The van der Waals surface area contributed by atoms with Gasteiger partial charge >= 0.3 is 0 Å². The van der Waals surface area contributed by atoms with E-state index in [1.807, 2.05) is 13.0 Å². The van der Waals surface area contributed by atoms with Crippen molar-refractivity contribution in [1.82, 2.24) is 4.98 Å². The van der Waals surface area contributed by atoms with E-state index in [2.05, 4.69) is 4.98 Å². The third-order valence-corrected chi connectivity index (χ3v) is 4.25. The number of fused-ring (bicyclic) bond motifs is 1. The molecule has 0 bridgehead atoms. The highest BCUT2D eigenvalue weighted by Gasteiger charge is 2.22. The lowest BCUT2D eigenvalue weighted by atomic mass is 9.99. The lowest BCUT2D eigenvalue weighted by molar-refractivity contribution is 0.535. The van der Waals surface area contributed by atoms with Crippen molar-refractivity contribution in [3.8, 4) is 10.6 Å². The summed E-state index contributed by atoms with van der Waals surface area (Å²) in [6.07, 6.45) is 5.07. The monoisotopic (exact) mass is 234 g/mol. The Morgan fingerprint density at radius 2 is 2.44 bits per heavy atom. The number of rotatable bonds is 1. The molecule has 1 aliphatic carbocycles. The van der Waals surface area contributed by atoms with Crippen LogP contribution in [0.4, 0.5) is 0 Å². The van der Waals surface area contributed by atoms with E-state index >= 15 is 0 Å². The van der Waals surface area contributed by atoms with Crippen LogP contribution >= 0.6 is 11.3 Å². The minimum atomic E-state index is 0.126. The molecule has 0 saturated carbocycles. The van der Waals surface area contributed by atoms with Crippen LogP contribution in [-0.2, 0) is 6.42 Å².